The normalized spacial score (nSPS) is 17.8. The minimum Gasteiger partial charge on any atom is -0.198 e. The van der Waals surface area contributed by atoms with Gasteiger partial charge in [-0.25, -0.2) is 0 Å². The van der Waals surface area contributed by atoms with Gasteiger partial charge in [0.1, 0.15) is 0 Å². The summed E-state index contributed by atoms with van der Waals surface area (Å²) in [5, 5.41) is 7.93. The van der Waals surface area contributed by atoms with Crippen LogP contribution in [-0.4, -0.2) is 0 Å². The van der Waals surface area contributed by atoms with Crippen LogP contribution in [0.2, 0.25) is 0 Å². The predicted octanol–water partition coefficient (Wildman–Crippen LogP) is 1.31. The fraction of sp³-hybridized carbons (Fsp3) is 0.750. The summed E-state index contributed by atoms with van der Waals surface area (Å²) >= 11 is 0. The van der Waals surface area contributed by atoms with E-state index in [-0.39, 0.29) is 12.8 Å². The Morgan fingerprint density at radius 3 is 3.20 bits per heavy atom. The lowest BCUT2D eigenvalue weighted by Crippen LogP contribution is -1.53. The molecule has 0 aromatic rings. The van der Waals surface area contributed by atoms with Gasteiger partial charge in [-0.1, -0.05) is 6.85 Å². The largest absolute Gasteiger partial charge is 0.198 e. The fourth-order valence-corrected chi connectivity index (χ4v) is 0.0559. The van der Waals surface area contributed by atoms with Crippen LogP contribution in [0.4, 0.5) is 0 Å². The molecule has 0 fully saturated rings. The molecule has 0 aliphatic carbocycles. The number of nitriles is 1. The second kappa shape index (κ2) is 3.49. The Balaban J connectivity index is 3.28. The maximum absolute atomic E-state index is 7.93. The van der Waals surface area contributed by atoms with E-state index in [9.17, 15) is 0 Å². The van der Waals surface area contributed by atoms with Crippen LogP contribution in [0.3, 0.4) is 0 Å². The summed E-state index contributed by atoms with van der Waals surface area (Å²) in [5.74, 6) is 0. The molecule has 0 saturated carbocycles. The van der Waals surface area contributed by atoms with Gasteiger partial charge in [0.05, 0.1) is 6.07 Å². The Morgan fingerprint density at radius 2 is 3.00 bits per heavy atom. The van der Waals surface area contributed by atoms with E-state index in [4.69, 9.17) is 9.37 Å². The summed E-state index contributed by atoms with van der Waals surface area (Å²) in [6.07, 6.45) is 0.125. The molecule has 0 aliphatic heterocycles. The van der Waals surface area contributed by atoms with Gasteiger partial charge in [0.2, 0.25) is 0 Å². The first kappa shape index (κ1) is 1.30. The van der Waals surface area contributed by atoms with Gasteiger partial charge in [0, 0.05) is 10.5 Å². The highest BCUT2D eigenvalue weighted by molar-refractivity contribution is 4.65. The lowest BCUT2D eigenvalue weighted by molar-refractivity contribution is 0.969. The molecule has 5 heavy (non-hydrogen) atoms. The van der Waals surface area contributed by atoms with Crippen molar-refractivity contribution < 1.29 is 4.11 Å². The SMILES string of the molecule is [2H]C([2H])([2H])CCC#N. The van der Waals surface area contributed by atoms with Gasteiger partial charge in [-0.2, -0.15) is 5.26 Å². The molecule has 0 spiro atoms. The van der Waals surface area contributed by atoms with Crippen molar-refractivity contribution in [3.05, 3.63) is 0 Å². The second-order valence-corrected chi connectivity index (χ2v) is 0.658. The zero-order chi connectivity index (χ0) is 6.62. The van der Waals surface area contributed by atoms with Crippen LogP contribution < -0.4 is 0 Å². The minimum atomic E-state index is -1.92. The van der Waals surface area contributed by atoms with Crippen molar-refractivity contribution in [3.63, 3.8) is 0 Å². The molecule has 0 amide bonds. The number of hydrogen-bond donors (Lipinski definition) is 0. The molecule has 0 unspecified atom stereocenters. The average molecular weight is 72.1 g/mol. The van der Waals surface area contributed by atoms with E-state index >= 15 is 0 Å². The topological polar surface area (TPSA) is 23.8 Å². The van der Waals surface area contributed by atoms with Crippen LogP contribution in [0.15, 0.2) is 0 Å². The highest BCUT2D eigenvalue weighted by Gasteiger charge is 1.65. The molecule has 0 heterocycles. The molecule has 1 nitrogen and oxygen atoms in total. The Hall–Kier alpha value is -0.510. The third kappa shape index (κ3) is 3.49. The van der Waals surface area contributed by atoms with Crippen molar-refractivity contribution in [2.45, 2.75) is 19.7 Å². The summed E-state index contributed by atoms with van der Waals surface area (Å²) in [5.41, 5.74) is 0. The molecule has 0 bridgehead atoms. The third-order valence-corrected chi connectivity index (χ3v) is 0.237. The second-order valence-electron chi connectivity index (χ2n) is 0.658. The molecule has 0 atom stereocenters. The van der Waals surface area contributed by atoms with Crippen molar-refractivity contribution >= 4 is 0 Å². The maximum atomic E-state index is 7.93. The lowest BCUT2D eigenvalue weighted by atomic mass is 10.4. The lowest BCUT2D eigenvalue weighted by Gasteiger charge is -1.65. The van der Waals surface area contributed by atoms with Crippen LogP contribution in [0, 0.1) is 11.3 Å². The quantitative estimate of drug-likeness (QED) is 0.458. The smallest absolute Gasteiger partial charge is 0.0621 e. The molecule has 1 heteroatoms. The van der Waals surface area contributed by atoms with Crippen molar-refractivity contribution in [2.75, 3.05) is 0 Å². The highest BCUT2D eigenvalue weighted by Crippen LogP contribution is 1.77. The van der Waals surface area contributed by atoms with E-state index < -0.39 is 6.85 Å². The van der Waals surface area contributed by atoms with E-state index in [1.54, 1.807) is 6.07 Å². The van der Waals surface area contributed by atoms with Gasteiger partial charge in [0.15, 0.2) is 0 Å². The van der Waals surface area contributed by atoms with E-state index in [1.165, 1.54) is 0 Å². The summed E-state index contributed by atoms with van der Waals surface area (Å²) < 4.78 is 19.9. The number of rotatable bonds is 1. The Morgan fingerprint density at radius 1 is 2.20 bits per heavy atom. The van der Waals surface area contributed by atoms with Crippen molar-refractivity contribution in [1.29, 1.82) is 5.26 Å². The monoisotopic (exact) mass is 72.1 g/mol. The first-order valence-electron chi connectivity index (χ1n) is 2.93. The maximum Gasteiger partial charge on any atom is 0.0621 e. The number of hydrogen-bond acceptors (Lipinski definition) is 1. The van der Waals surface area contributed by atoms with Crippen molar-refractivity contribution in [2.24, 2.45) is 0 Å². The molecule has 0 aromatic carbocycles. The Kier molecular flexibility index (Phi) is 0.906. The molecule has 0 aliphatic rings. The van der Waals surface area contributed by atoms with E-state index in [0.29, 0.717) is 0 Å². The van der Waals surface area contributed by atoms with E-state index in [0.717, 1.165) is 0 Å². The van der Waals surface area contributed by atoms with Gasteiger partial charge in [-0.3, -0.25) is 0 Å². The van der Waals surface area contributed by atoms with Crippen LogP contribution in [0.5, 0.6) is 0 Å². The molecule has 0 rings (SSSR count). The van der Waals surface area contributed by atoms with Gasteiger partial charge in [0.25, 0.3) is 0 Å². The zero-order valence-corrected chi connectivity index (χ0v) is 2.86. The molecule has 28 valence electrons. The van der Waals surface area contributed by atoms with Gasteiger partial charge in [-0.05, 0) is 6.42 Å². The van der Waals surface area contributed by atoms with Crippen LogP contribution in [-0.2, 0) is 0 Å². The van der Waals surface area contributed by atoms with Crippen molar-refractivity contribution in [3.8, 4) is 6.07 Å². The first-order chi connectivity index (χ1) is 3.56. The molecule has 0 saturated heterocycles. The summed E-state index contributed by atoms with van der Waals surface area (Å²) in [6, 6.07) is 1.76. The third-order valence-electron chi connectivity index (χ3n) is 0.237. The van der Waals surface area contributed by atoms with Gasteiger partial charge >= 0.3 is 0 Å². The zero-order valence-electron chi connectivity index (χ0n) is 5.86. The first-order valence-corrected chi connectivity index (χ1v) is 1.43. The van der Waals surface area contributed by atoms with Gasteiger partial charge < -0.3 is 0 Å². The summed E-state index contributed by atoms with van der Waals surface area (Å²) in [6.45, 7) is -1.92. The summed E-state index contributed by atoms with van der Waals surface area (Å²) in [4.78, 5) is 0. The molecule has 0 aromatic heterocycles. The van der Waals surface area contributed by atoms with Crippen LogP contribution in [0.25, 0.3) is 0 Å². The Bertz CT molecular complexity index is 98.8. The van der Waals surface area contributed by atoms with Crippen molar-refractivity contribution in [1.82, 2.24) is 0 Å². The standard InChI is InChI=1S/C4H7N/c1-2-3-4-5/h2-3H2,1H3/i1D3. The highest BCUT2D eigenvalue weighted by atomic mass is 14.2. The Labute approximate surface area is 36.4 Å². The molecule has 0 radical (unpaired) electrons. The summed E-state index contributed by atoms with van der Waals surface area (Å²) in [7, 11) is 0. The fourth-order valence-electron chi connectivity index (χ4n) is 0.0559. The molecule has 0 N–H and O–H groups in total. The predicted molar refractivity (Wildman–Crippen MR) is 20.5 cm³/mol. The average Bonchev–Trinajstić information content (AvgIpc) is 1.59. The molecular formula is C4H7N. The number of nitrogens with zero attached hydrogens (tertiary/aromatic N) is 1. The molecular weight excluding hydrogens is 62.1 g/mol. The van der Waals surface area contributed by atoms with E-state index in [2.05, 4.69) is 0 Å². The van der Waals surface area contributed by atoms with Crippen LogP contribution in [0.1, 0.15) is 23.8 Å². The van der Waals surface area contributed by atoms with Crippen LogP contribution >= 0.6 is 0 Å². The minimum absolute atomic E-state index is 0.00347. The van der Waals surface area contributed by atoms with Gasteiger partial charge in [-0.15, -0.1) is 0 Å². The van der Waals surface area contributed by atoms with E-state index in [1.807, 2.05) is 0 Å².